The number of imidazole rings is 1. The van der Waals surface area contributed by atoms with Gasteiger partial charge in [0.25, 0.3) is 0 Å². The summed E-state index contributed by atoms with van der Waals surface area (Å²) >= 11 is 0. The molecular formula is C19H26N4O2. The van der Waals surface area contributed by atoms with Crippen molar-refractivity contribution < 1.29 is 9.90 Å². The molecule has 0 saturated heterocycles. The predicted octanol–water partition coefficient (Wildman–Crippen LogP) is 3.13. The fourth-order valence-corrected chi connectivity index (χ4v) is 3.90. The van der Waals surface area contributed by atoms with Crippen molar-refractivity contribution in [3.05, 3.63) is 17.8 Å². The van der Waals surface area contributed by atoms with Crippen molar-refractivity contribution in [1.82, 2.24) is 14.5 Å². The SMILES string of the molecule is Cc1ccc2nc(NC(=O)C[C@](C)(O)C3CC3)n(C3(C)CCC3)c2n1. The van der Waals surface area contributed by atoms with E-state index in [1.807, 2.05) is 19.1 Å². The van der Waals surface area contributed by atoms with Crippen LogP contribution in [0, 0.1) is 12.8 Å². The summed E-state index contributed by atoms with van der Waals surface area (Å²) in [5.74, 6) is 0.602. The molecule has 6 nitrogen and oxygen atoms in total. The molecule has 6 heteroatoms. The van der Waals surface area contributed by atoms with Gasteiger partial charge in [0, 0.05) is 11.2 Å². The van der Waals surface area contributed by atoms with Crippen molar-refractivity contribution in [3.8, 4) is 0 Å². The predicted molar refractivity (Wildman–Crippen MR) is 96.4 cm³/mol. The van der Waals surface area contributed by atoms with Crippen LogP contribution in [-0.4, -0.2) is 31.1 Å². The molecule has 2 aliphatic rings. The number of carbonyl (C=O) groups is 1. The Morgan fingerprint density at radius 3 is 2.72 bits per heavy atom. The Morgan fingerprint density at radius 2 is 2.12 bits per heavy atom. The molecule has 2 N–H and O–H groups in total. The van der Waals surface area contributed by atoms with E-state index in [4.69, 9.17) is 0 Å². The zero-order valence-corrected chi connectivity index (χ0v) is 15.2. The second-order valence-corrected chi connectivity index (χ2v) is 8.27. The van der Waals surface area contributed by atoms with Gasteiger partial charge >= 0.3 is 0 Å². The second-order valence-electron chi connectivity index (χ2n) is 8.27. The molecule has 4 rings (SSSR count). The van der Waals surface area contributed by atoms with Crippen LogP contribution in [0.4, 0.5) is 5.95 Å². The van der Waals surface area contributed by atoms with Crippen molar-refractivity contribution in [2.24, 2.45) is 5.92 Å². The third-order valence-electron chi connectivity index (χ3n) is 5.84. The highest BCUT2D eigenvalue weighted by Crippen LogP contribution is 2.43. The van der Waals surface area contributed by atoms with Gasteiger partial charge in [-0.15, -0.1) is 0 Å². The highest BCUT2D eigenvalue weighted by Gasteiger charge is 2.42. The number of amides is 1. The van der Waals surface area contributed by atoms with Crippen molar-refractivity contribution in [1.29, 1.82) is 0 Å². The standard InChI is InChI=1S/C19H26N4O2/c1-12-5-8-14-16(20-12)23(18(2)9-4-10-18)17(21-14)22-15(24)11-19(3,25)13-6-7-13/h5,8,13,25H,4,6-7,9-11H2,1-3H3,(H,21,22,24)/t19-/m0/s1. The number of hydrogen-bond donors (Lipinski definition) is 2. The molecule has 0 unspecified atom stereocenters. The number of nitrogens with zero attached hydrogens (tertiary/aromatic N) is 3. The van der Waals surface area contributed by atoms with E-state index in [1.165, 1.54) is 6.42 Å². The third kappa shape index (κ3) is 2.92. The summed E-state index contributed by atoms with van der Waals surface area (Å²) in [5.41, 5.74) is 1.56. The minimum absolute atomic E-state index is 0.0584. The largest absolute Gasteiger partial charge is 0.389 e. The lowest BCUT2D eigenvalue weighted by molar-refractivity contribution is -0.121. The van der Waals surface area contributed by atoms with Crippen LogP contribution in [-0.2, 0) is 10.3 Å². The first kappa shape index (κ1) is 16.5. The Balaban J connectivity index is 1.66. The van der Waals surface area contributed by atoms with Gasteiger partial charge in [-0.05, 0) is 70.9 Å². The molecule has 2 heterocycles. The van der Waals surface area contributed by atoms with E-state index < -0.39 is 5.60 Å². The molecule has 25 heavy (non-hydrogen) atoms. The summed E-state index contributed by atoms with van der Waals surface area (Å²) in [6.07, 6.45) is 5.38. The minimum Gasteiger partial charge on any atom is -0.389 e. The van der Waals surface area contributed by atoms with Crippen LogP contribution < -0.4 is 5.32 Å². The van der Waals surface area contributed by atoms with Crippen LogP contribution in [0.1, 0.15) is 58.1 Å². The topological polar surface area (TPSA) is 80.0 Å². The third-order valence-corrected chi connectivity index (χ3v) is 5.84. The van der Waals surface area contributed by atoms with Gasteiger partial charge in [0.1, 0.15) is 5.52 Å². The van der Waals surface area contributed by atoms with Gasteiger partial charge < -0.3 is 5.11 Å². The van der Waals surface area contributed by atoms with Gasteiger partial charge in [-0.2, -0.15) is 0 Å². The molecule has 0 aliphatic heterocycles. The van der Waals surface area contributed by atoms with Crippen molar-refractivity contribution >= 4 is 23.0 Å². The number of rotatable bonds is 5. The van der Waals surface area contributed by atoms with Crippen LogP contribution in [0.25, 0.3) is 11.2 Å². The highest BCUT2D eigenvalue weighted by molar-refractivity contribution is 5.91. The fraction of sp³-hybridized carbons (Fsp3) is 0.632. The molecule has 1 atom stereocenters. The van der Waals surface area contributed by atoms with E-state index in [-0.39, 0.29) is 23.8 Å². The van der Waals surface area contributed by atoms with Crippen molar-refractivity contribution in [2.45, 2.75) is 70.4 Å². The normalized spacial score (nSPS) is 21.6. The molecule has 0 radical (unpaired) electrons. The van der Waals surface area contributed by atoms with Crippen molar-refractivity contribution in [2.75, 3.05) is 5.32 Å². The Kier molecular flexibility index (Phi) is 3.65. The number of aromatic nitrogens is 3. The van der Waals surface area contributed by atoms with Gasteiger partial charge in [0.05, 0.1) is 12.0 Å². The molecule has 0 bridgehead atoms. The van der Waals surface area contributed by atoms with E-state index in [0.717, 1.165) is 42.5 Å². The lowest BCUT2D eigenvalue weighted by Gasteiger charge is -2.40. The van der Waals surface area contributed by atoms with E-state index in [0.29, 0.717) is 5.95 Å². The Bertz CT molecular complexity index is 831. The number of nitrogens with one attached hydrogen (secondary N) is 1. The number of anilines is 1. The molecule has 1 amide bonds. The summed E-state index contributed by atoms with van der Waals surface area (Å²) in [7, 11) is 0. The van der Waals surface area contributed by atoms with Crippen molar-refractivity contribution in [3.63, 3.8) is 0 Å². The first-order valence-electron chi connectivity index (χ1n) is 9.17. The molecule has 2 fully saturated rings. The first-order valence-corrected chi connectivity index (χ1v) is 9.17. The first-order chi connectivity index (χ1) is 11.8. The van der Waals surface area contributed by atoms with Crippen LogP contribution in [0.3, 0.4) is 0 Å². The summed E-state index contributed by atoms with van der Waals surface area (Å²) < 4.78 is 2.09. The number of hydrogen-bond acceptors (Lipinski definition) is 4. The fourth-order valence-electron chi connectivity index (χ4n) is 3.90. The maximum Gasteiger partial charge on any atom is 0.229 e. The number of carbonyl (C=O) groups excluding carboxylic acids is 1. The monoisotopic (exact) mass is 342 g/mol. The minimum atomic E-state index is -0.934. The molecule has 2 aromatic rings. The molecule has 2 saturated carbocycles. The van der Waals surface area contributed by atoms with Gasteiger partial charge in [-0.1, -0.05) is 0 Å². The molecule has 0 aromatic carbocycles. The van der Waals surface area contributed by atoms with E-state index in [1.54, 1.807) is 6.92 Å². The molecule has 2 aromatic heterocycles. The Labute approximate surface area is 147 Å². The summed E-state index contributed by atoms with van der Waals surface area (Å²) in [6.45, 7) is 5.91. The zero-order chi connectivity index (χ0) is 17.8. The highest BCUT2D eigenvalue weighted by atomic mass is 16.3. The summed E-state index contributed by atoms with van der Waals surface area (Å²) in [5, 5.41) is 13.4. The van der Waals surface area contributed by atoms with Crippen LogP contribution >= 0.6 is 0 Å². The van der Waals surface area contributed by atoms with E-state index in [9.17, 15) is 9.90 Å². The van der Waals surface area contributed by atoms with Gasteiger partial charge in [-0.3, -0.25) is 14.7 Å². The molecular weight excluding hydrogens is 316 g/mol. The van der Waals surface area contributed by atoms with Crippen LogP contribution in [0.15, 0.2) is 12.1 Å². The van der Waals surface area contributed by atoms with Gasteiger partial charge in [0.2, 0.25) is 11.9 Å². The average Bonchev–Trinajstić information content (AvgIpc) is 3.28. The van der Waals surface area contributed by atoms with Crippen LogP contribution in [0.5, 0.6) is 0 Å². The zero-order valence-electron chi connectivity index (χ0n) is 15.2. The quantitative estimate of drug-likeness (QED) is 0.875. The number of aryl methyl sites for hydroxylation is 1. The lowest BCUT2D eigenvalue weighted by Crippen LogP contribution is -2.39. The second kappa shape index (κ2) is 5.53. The number of pyridine rings is 1. The van der Waals surface area contributed by atoms with E-state index in [2.05, 4.69) is 26.8 Å². The maximum absolute atomic E-state index is 12.5. The summed E-state index contributed by atoms with van der Waals surface area (Å²) in [6, 6.07) is 3.89. The smallest absolute Gasteiger partial charge is 0.229 e. The number of fused-ring (bicyclic) bond motifs is 1. The van der Waals surface area contributed by atoms with Gasteiger partial charge in [-0.25, -0.2) is 9.97 Å². The Morgan fingerprint density at radius 1 is 1.40 bits per heavy atom. The molecule has 2 aliphatic carbocycles. The van der Waals surface area contributed by atoms with E-state index >= 15 is 0 Å². The number of aliphatic hydroxyl groups is 1. The Hall–Kier alpha value is -1.95. The van der Waals surface area contributed by atoms with Crippen LogP contribution in [0.2, 0.25) is 0 Å². The molecule has 0 spiro atoms. The van der Waals surface area contributed by atoms with Gasteiger partial charge in [0.15, 0.2) is 5.65 Å². The molecule has 134 valence electrons. The maximum atomic E-state index is 12.5. The lowest BCUT2D eigenvalue weighted by atomic mass is 9.78. The average molecular weight is 342 g/mol. The summed E-state index contributed by atoms with van der Waals surface area (Å²) in [4.78, 5) is 21.8.